The topological polar surface area (TPSA) is 41.6 Å². The summed E-state index contributed by atoms with van der Waals surface area (Å²) in [5.74, 6) is 0.138. The maximum absolute atomic E-state index is 13.0. The first-order valence-electron chi connectivity index (χ1n) is 7.91. The number of benzene rings is 1. The third-order valence-corrected chi connectivity index (χ3v) is 4.67. The number of carbonyl (C=O) groups excluding carboxylic acids is 1. The first kappa shape index (κ1) is 14.4. The minimum absolute atomic E-state index is 0.138. The van der Waals surface area contributed by atoms with E-state index in [2.05, 4.69) is 5.32 Å². The van der Waals surface area contributed by atoms with Crippen molar-refractivity contribution in [1.29, 1.82) is 0 Å². The zero-order valence-corrected chi connectivity index (χ0v) is 12.9. The molecule has 1 aliphatic heterocycles. The van der Waals surface area contributed by atoms with E-state index in [0.29, 0.717) is 13.2 Å². The highest BCUT2D eigenvalue weighted by Gasteiger charge is 2.37. The van der Waals surface area contributed by atoms with Crippen molar-refractivity contribution >= 4 is 11.6 Å². The lowest BCUT2D eigenvalue weighted by Crippen LogP contribution is -2.54. The lowest BCUT2D eigenvalue weighted by atomic mass is 9.89. The predicted molar refractivity (Wildman–Crippen MR) is 83.8 cm³/mol. The molecule has 0 bridgehead atoms. The molecule has 3 rings (SSSR count). The van der Waals surface area contributed by atoms with Gasteiger partial charge in [-0.15, -0.1) is 0 Å². The highest BCUT2D eigenvalue weighted by atomic mass is 16.5. The Labute approximate surface area is 126 Å². The van der Waals surface area contributed by atoms with Gasteiger partial charge < -0.3 is 15.0 Å². The Morgan fingerprint density at radius 1 is 1.33 bits per heavy atom. The molecule has 2 aliphatic rings. The molecule has 2 unspecified atom stereocenters. The normalized spacial score (nSPS) is 25.3. The van der Waals surface area contributed by atoms with Crippen LogP contribution in [0.1, 0.15) is 41.6 Å². The number of nitrogens with zero attached hydrogens (tertiary/aromatic N) is 1. The third-order valence-electron chi connectivity index (χ3n) is 4.67. The molecule has 4 heteroatoms. The van der Waals surface area contributed by atoms with Crippen molar-refractivity contribution < 1.29 is 9.53 Å². The van der Waals surface area contributed by atoms with Crippen LogP contribution < -0.4 is 5.32 Å². The zero-order valence-electron chi connectivity index (χ0n) is 12.9. The Kier molecular flexibility index (Phi) is 4.15. The summed E-state index contributed by atoms with van der Waals surface area (Å²) >= 11 is 0. The summed E-state index contributed by atoms with van der Waals surface area (Å²) < 4.78 is 5.86. The second-order valence-electron chi connectivity index (χ2n) is 6.06. The van der Waals surface area contributed by atoms with Gasteiger partial charge in [0.15, 0.2) is 0 Å². The van der Waals surface area contributed by atoms with E-state index in [0.717, 1.165) is 29.7 Å². The molecule has 0 aromatic heterocycles. The van der Waals surface area contributed by atoms with Crippen molar-refractivity contribution in [1.82, 2.24) is 4.90 Å². The average Bonchev–Trinajstić information content (AvgIpc) is 2.53. The van der Waals surface area contributed by atoms with Gasteiger partial charge in [-0.3, -0.25) is 4.79 Å². The van der Waals surface area contributed by atoms with Crippen LogP contribution in [0.5, 0.6) is 0 Å². The van der Waals surface area contributed by atoms with Gasteiger partial charge in [0.2, 0.25) is 0 Å². The molecular formula is C17H24N2O2. The minimum Gasteiger partial charge on any atom is -0.387 e. The van der Waals surface area contributed by atoms with Crippen molar-refractivity contribution in [2.24, 2.45) is 0 Å². The highest BCUT2D eigenvalue weighted by Crippen LogP contribution is 2.30. The molecular weight excluding hydrogens is 264 g/mol. The summed E-state index contributed by atoms with van der Waals surface area (Å²) in [6.07, 6.45) is 4.80. The van der Waals surface area contributed by atoms with Crippen LogP contribution in [0.4, 0.5) is 5.69 Å². The van der Waals surface area contributed by atoms with Crippen LogP contribution in [0, 0.1) is 6.92 Å². The number of ether oxygens (including phenoxy) is 1. The van der Waals surface area contributed by atoms with Gasteiger partial charge in [-0.2, -0.15) is 0 Å². The van der Waals surface area contributed by atoms with E-state index in [1.165, 1.54) is 12.8 Å². The van der Waals surface area contributed by atoms with Crippen molar-refractivity contribution in [3.8, 4) is 0 Å². The van der Waals surface area contributed by atoms with Gasteiger partial charge in [-0.05, 0) is 37.5 Å². The van der Waals surface area contributed by atoms with Crippen molar-refractivity contribution in [3.63, 3.8) is 0 Å². The Balaban J connectivity index is 1.87. The van der Waals surface area contributed by atoms with Gasteiger partial charge >= 0.3 is 0 Å². The van der Waals surface area contributed by atoms with E-state index in [1.807, 2.05) is 37.1 Å². The number of aryl methyl sites for hydroxylation is 1. The molecule has 0 spiro atoms. The average molecular weight is 288 g/mol. The number of morpholine rings is 1. The molecule has 2 atom stereocenters. The van der Waals surface area contributed by atoms with Gasteiger partial charge in [-0.25, -0.2) is 0 Å². The van der Waals surface area contributed by atoms with Crippen LogP contribution in [0.15, 0.2) is 18.2 Å². The molecule has 1 aromatic carbocycles. The van der Waals surface area contributed by atoms with Gasteiger partial charge in [0, 0.05) is 19.3 Å². The molecule has 1 aromatic rings. The summed E-state index contributed by atoms with van der Waals surface area (Å²) in [6.45, 7) is 3.41. The fraction of sp³-hybridized carbons (Fsp3) is 0.588. The molecule has 2 fully saturated rings. The van der Waals surface area contributed by atoms with Crippen LogP contribution in [-0.4, -0.2) is 43.2 Å². The van der Waals surface area contributed by atoms with Crippen LogP contribution in [-0.2, 0) is 4.74 Å². The van der Waals surface area contributed by atoms with Gasteiger partial charge in [-0.1, -0.05) is 18.9 Å². The van der Waals surface area contributed by atoms with E-state index >= 15 is 0 Å². The number of carbonyl (C=O) groups is 1. The van der Waals surface area contributed by atoms with E-state index in [4.69, 9.17) is 4.74 Å². The summed E-state index contributed by atoms with van der Waals surface area (Å²) in [5, 5.41) is 3.15. The van der Waals surface area contributed by atoms with E-state index < -0.39 is 0 Å². The fourth-order valence-electron chi connectivity index (χ4n) is 3.55. The molecule has 4 nitrogen and oxygen atoms in total. The number of hydrogen-bond acceptors (Lipinski definition) is 3. The Morgan fingerprint density at radius 3 is 2.95 bits per heavy atom. The monoisotopic (exact) mass is 288 g/mol. The maximum atomic E-state index is 13.0. The number of fused-ring (bicyclic) bond motifs is 1. The number of hydrogen-bond donors (Lipinski definition) is 1. The molecule has 21 heavy (non-hydrogen) atoms. The van der Waals surface area contributed by atoms with Crippen LogP contribution >= 0.6 is 0 Å². The predicted octanol–water partition coefficient (Wildman–Crippen LogP) is 2.82. The van der Waals surface area contributed by atoms with Gasteiger partial charge in [0.05, 0.1) is 24.3 Å². The molecule has 1 saturated carbocycles. The largest absolute Gasteiger partial charge is 0.387 e. The smallest absolute Gasteiger partial charge is 0.256 e. The van der Waals surface area contributed by atoms with E-state index in [1.54, 1.807) is 0 Å². The maximum Gasteiger partial charge on any atom is 0.256 e. The number of rotatable bonds is 2. The quantitative estimate of drug-likeness (QED) is 0.910. The highest BCUT2D eigenvalue weighted by molar-refractivity contribution is 6.00. The Morgan fingerprint density at radius 2 is 2.14 bits per heavy atom. The van der Waals surface area contributed by atoms with Crippen LogP contribution in [0.25, 0.3) is 0 Å². The minimum atomic E-state index is 0.138. The summed E-state index contributed by atoms with van der Waals surface area (Å²) in [4.78, 5) is 15.0. The van der Waals surface area contributed by atoms with Gasteiger partial charge in [0.25, 0.3) is 5.91 Å². The standard InChI is InChI=1S/C17H24N2O2/c1-12-7-8-13(14(11-12)18-2)17(20)19-9-10-21-16-6-4-3-5-15(16)19/h7-8,11,15-16,18H,3-6,9-10H2,1-2H3. The molecule has 1 aliphatic carbocycles. The number of amides is 1. The molecule has 1 saturated heterocycles. The molecule has 1 amide bonds. The van der Waals surface area contributed by atoms with E-state index in [9.17, 15) is 4.79 Å². The summed E-state index contributed by atoms with van der Waals surface area (Å²) in [5.41, 5.74) is 2.85. The third kappa shape index (κ3) is 2.77. The van der Waals surface area contributed by atoms with Crippen molar-refractivity contribution in [3.05, 3.63) is 29.3 Å². The van der Waals surface area contributed by atoms with E-state index in [-0.39, 0.29) is 18.1 Å². The summed E-state index contributed by atoms with van der Waals surface area (Å²) in [7, 11) is 1.87. The molecule has 0 radical (unpaired) electrons. The van der Waals surface area contributed by atoms with Crippen LogP contribution in [0.3, 0.4) is 0 Å². The SMILES string of the molecule is CNc1cc(C)ccc1C(=O)N1CCOC2CCCCC21. The number of anilines is 1. The van der Waals surface area contributed by atoms with Crippen molar-refractivity contribution in [2.45, 2.75) is 44.8 Å². The Hall–Kier alpha value is -1.55. The first-order valence-corrected chi connectivity index (χ1v) is 7.91. The molecule has 1 heterocycles. The number of nitrogens with one attached hydrogen (secondary N) is 1. The van der Waals surface area contributed by atoms with Gasteiger partial charge in [0.1, 0.15) is 0 Å². The lowest BCUT2D eigenvalue weighted by molar-refractivity contribution is -0.0752. The summed E-state index contributed by atoms with van der Waals surface area (Å²) in [6, 6.07) is 6.24. The fourth-order valence-corrected chi connectivity index (χ4v) is 3.55. The van der Waals surface area contributed by atoms with Crippen LogP contribution in [0.2, 0.25) is 0 Å². The second kappa shape index (κ2) is 6.06. The molecule has 1 N–H and O–H groups in total. The first-order chi connectivity index (χ1) is 10.2. The second-order valence-corrected chi connectivity index (χ2v) is 6.06. The molecule has 114 valence electrons. The van der Waals surface area contributed by atoms with Crippen molar-refractivity contribution in [2.75, 3.05) is 25.5 Å². The zero-order chi connectivity index (χ0) is 14.8. The lowest BCUT2D eigenvalue weighted by Gasteiger charge is -2.44. The Bertz CT molecular complexity index is 528.